The van der Waals surface area contributed by atoms with E-state index in [1.165, 1.54) is 0 Å². The van der Waals surface area contributed by atoms with Crippen molar-refractivity contribution in [1.29, 1.82) is 0 Å². The zero-order valence-electron chi connectivity index (χ0n) is 13.1. The van der Waals surface area contributed by atoms with E-state index in [1.807, 2.05) is 0 Å². The number of thioether (sulfide) groups is 1. The highest BCUT2D eigenvalue weighted by atomic mass is 35.5. The molecular weight excluding hydrogens is 386 g/mol. The number of nitrogens with zero attached hydrogens (tertiary/aromatic N) is 2. The number of aromatic nitrogens is 2. The van der Waals surface area contributed by atoms with Gasteiger partial charge in [-0.3, -0.25) is 4.79 Å². The van der Waals surface area contributed by atoms with Crippen molar-refractivity contribution in [1.82, 2.24) is 10.2 Å². The molecule has 0 bridgehead atoms. The highest BCUT2D eigenvalue weighted by Crippen LogP contribution is 2.24. The second-order valence-electron chi connectivity index (χ2n) is 5.78. The number of hydrogen-bond donors (Lipinski definition) is 1. The lowest BCUT2D eigenvalue weighted by atomic mass is 10.1. The van der Waals surface area contributed by atoms with Crippen LogP contribution in [0.4, 0.5) is 5.69 Å². The summed E-state index contributed by atoms with van der Waals surface area (Å²) in [5.41, 5.74) is 0.656. The minimum absolute atomic E-state index is 0.0245. The molecule has 1 aromatic carbocycles. The molecule has 0 saturated carbocycles. The lowest BCUT2D eigenvalue weighted by Crippen LogP contribution is -2.13. The van der Waals surface area contributed by atoms with Crippen LogP contribution in [0.2, 0.25) is 5.02 Å². The van der Waals surface area contributed by atoms with Gasteiger partial charge in [0, 0.05) is 17.1 Å². The van der Waals surface area contributed by atoms with Crippen LogP contribution in [0.5, 0.6) is 0 Å². The highest BCUT2D eigenvalue weighted by molar-refractivity contribution is 7.99. The molecule has 1 aliphatic rings. The molecule has 2 heterocycles. The van der Waals surface area contributed by atoms with Gasteiger partial charge in [-0.15, -0.1) is 10.2 Å². The third-order valence-corrected chi connectivity index (χ3v) is 6.60. The van der Waals surface area contributed by atoms with Crippen LogP contribution in [0.1, 0.15) is 12.3 Å². The molecule has 7 nitrogen and oxygen atoms in total. The number of hydrogen-bond acceptors (Lipinski definition) is 7. The summed E-state index contributed by atoms with van der Waals surface area (Å²) in [6, 6.07) is 6.81. The molecule has 3 rings (SSSR count). The van der Waals surface area contributed by atoms with E-state index in [1.54, 1.807) is 24.3 Å². The zero-order chi connectivity index (χ0) is 17.9. The number of carbonyl (C=O) groups is 1. The van der Waals surface area contributed by atoms with Crippen molar-refractivity contribution in [3.8, 4) is 0 Å². The summed E-state index contributed by atoms with van der Waals surface area (Å²) in [5.74, 6) is 0.745. The first-order valence-corrected chi connectivity index (χ1v) is 10.8. The van der Waals surface area contributed by atoms with Crippen molar-refractivity contribution in [2.45, 2.75) is 18.1 Å². The van der Waals surface area contributed by atoms with Crippen molar-refractivity contribution in [2.24, 2.45) is 5.92 Å². The van der Waals surface area contributed by atoms with Crippen molar-refractivity contribution in [3.05, 3.63) is 35.2 Å². The summed E-state index contributed by atoms with van der Waals surface area (Å²) >= 11 is 6.92. The number of benzene rings is 1. The summed E-state index contributed by atoms with van der Waals surface area (Å²) < 4.78 is 28.4. The molecule has 25 heavy (non-hydrogen) atoms. The number of nitrogens with one attached hydrogen (secondary N) is 1. The summed E-state index contributed by atoms with van der Waals surface area (Å²) in [4.78, 5) is 11.9. The lowest BCUT2D eigenvalue weighted by Gasteiger charge is -2.03. The topological polar surface area (TPSA) is 102 Å². The van der Waals surface area contributed by atoms with Crippen LogP contribution in [0.3, 0.4) is 0 Å². The van der Waals surface area contributed by atoms with Gasteiger partial charge in [-0.05, 0) is 36.6 Å². The molecule has 0 spiro atoms. The minimum atomic E-state index is -2.92. The molecular formula is C15H16ClN3O4S2. The maximum absolute atomic E-state index is 11.9. The summed E-state index contributed by atoms with van der Waals surface area (Å²) in [7, 11) is -2.92. The number of sulfone groups is 1. The Balaban J connectivity index is 1.46. The average molecular weight is 402 g/mol. The second-order valence-corrected chi connectivity index (χ2v) is 9.37. The zero-order valence-corrected chi connectivity index (χ0v) is 15.5. The van der Waals surface area contributed by atoms with Gasteiger partial charge >= 0.3 is 0 Å². The van der Waals surface area contributed by atoms with Crippen LogP contribution in [0, 0.1) is 5.92 Å². The fourth-order valence-electron chi connectivity index (χ4n) is 2.52. The lowest BCUT2D eigenvalue weighted by molar-refractivity contribution is -0.113. The Morgan fingerprint density at radius 1 is 1.32 bits per heavy atom. The number of rotatable bonds is 6. The third kappa shape index (κ3) is 5.45. The van der Waals surface area contributed by atoms with Crippen LogP contribution < -0.4 is 5.32 Å². The number of anilines is 1. The first-order valence-electron chi connectivity index (χ1n) is 7.61. The first kappa shape index (κ1) is 18.2. The van der Waals surface area contributed by atoms with Crippen LogP contribution in [0.25, 0.3) is 0 Å². The van der Waals surface area contributed by atoms with Gasteiger partial charge in [-0.25, -0.2) is 8.42 Å². The molecule has 1 saturated heterocycles. The highest BCUT2D eigenvalue weighted by Gasteiger charge is 2.29. The Morgan fingerprint density at radius 2 is 2.08 bits per heavy atom. The van der Waals surface area contributed by atoms with Gasteiger partial charge in [0.2, 0.25) is 11.8 Å². The maximum Gasteiger partial charge on any atom is 0.277 e. The maximum atomic E-state index is 11.9. The molecule has 1 amide bonds. The van der Waals surface area contributed by atoms with Crippen molar-refractivity contribution in [2.75, 3.05) is 22.6 Å². The van der Waals surface area contributed by atoms with Crippen LogP contribution in [0.15, 0.2) is 33.9 Å². The Hall–Kier alpha value is -1.58. The number of amides is 1. The van der Waals surface area contributed by atoms with Gasteiger partial charge in [-0.2, -0.15) is 0 Å². The standard InChI is InChI=1S/C15H16ClN3O4S2/c16-11-1-3-12(4-2-11)17-13(20)8-24-15-19-18-14(23-15)7-10-5-6-25(21,22)9-10/h1-4,10H,5-9H2,(H,17,20)/t10-/m1/s1. The van der Waals surface area contributed by atoms with Crippen molar-refractivity contribution in [3.63, 3.8) is 0 Å². The van der Waals surface area contributed by atoms with E-state index in [0.717, 1.165) is 11.8 Å². The molecule has 0 radical (unpaired) electrons. The summed E-state index contributed by atoms with van der Waals surface area (Å²) in [6.45, 7) is 0. The molecule has 0 unspecified atom stereocenters. The van der Waals surface area contributed by atoms with Crippen molar-refractivity contribution >= 4 is 44.8 Å². The predicted molar refractivity (Wildman–Crippen MR) is 95.6 cm³/mol. The normalized spacial score (nSPS) is 19.0. The molecule has 1 aliphatic heterocycles. The van der Waals surface area contributed by atoms with Crippen LogP contribution >= 0.6 is 23.4 Å². The van der Waals surface area contributed by atoms with E-state index < -0.39 is 9.84 Å². The third-order valence-electron chi connectivity index (χ3n) is 3.69. The fraction of sp³-hybridized carbons (Fsp3) is 0.400. The Bertz CT molecular complexity index is 852. The Kier molecular flexibility index (Phi) is 5.65. The van der Waals surface area contributed by atoms with E-state index in [-0.39, 0.29) is 29.1 Å². The van der Waals surface area contributed by atoms with Gasteiger partial charge in [0.25, 0.3) is 5.22 Å². The summed E-state index contributed by atoms with van der Waals surface area (Å²) in [5, 5.41) is 11.4. The van der Waals surface area contributed by atoms with Gasteiger partial charge in [0.05, 0.1) is 17.3 Å². The first-order chi connectivity index (χ1) is 11.9. The average Bonchev–Trinajstić information content (AvgIpc) is 3.14. The molecule has 0 aliphatic carbocycles. The molecule has 134 valence electrons. The Morgan fingerprint density at radius 3 is 2.76 bits per heavy atom. The molecule has 1 aromatic heterocycles. The molecule has 1 N–H and O–H groups in total. The van der Waals surface area contributed by atoms with Gasteiger partial charge in [-0.1, -0.05) is 23.4 Å². The SMILES string of the molecule is O=C(CSc1nnc(C[C@H]2CCS(=O)(=O)C2)o1)Nc1ccc(Cl)cc1. The Labute approximate surface area is 154 Å². The monoisotopic (exact) mass is 401 g/mol. The smallest absolute Gasteiger partial charge is 0.277 e. The number of halogens is 1. The fourth-order valence-corrected chi connectivity index (χ4v) is 5.08. The van der Waals surface area contributed by atoms with Gasteiger partial charge in [0.15, 0.2) is 9.84 Å². The second kappa shape index (κ2) is 7.76. The van der Waals surface area contributed by atoms with Crippen LogP contribution in [-0.4, -0.2) is 41.8 Å². The van der Waals surface area contributed by atoms with E-state index in [9.17, 15) is 13.2 Å². The van der Waals surface area contributed by atoms with Crippen molar-refractivity contribution < 1.29 is 17.6 Å². The quantitative estimate of drug-likeness (QED) is 0.741. The minimum Gasteiger partial charge on any atom is -0.416 e. The van der Waals surface area contributed by atoms with Crippen LogP contribution in [-0.2, 0) is 21.1 Å². The van der Waals surface area contributed by atoms with Gasteiger partial charge < -0.3 is 9.73 Å². The van der Waals surface area contributed by atoms with E-state index >= 15 is 0 Å². The number of carbonyl (C=O) groups excluding carboxylic acids is 1. The van der Waals surface area contributed by atoms with E-state index in [4.69, 9.17) is 16.0 Å². The summed E-state index contributed by atoms with van der Waals surface area (Å²) in [6.07, 6.45) is 1.07. The molecule has 1 fully saturated rings. The van der Waals surface area contributed by atoms with E-state index in [0.29, 0.717) is 34.7 Å². The predicted octanol–water partition coefficient (Wildman–Crippen LogP) is 2.43. The molecule has 1 atom stereocenters. The molecule has 10 heteroatoms. The molecule has 2 aromatic rings. The van der Waals surface area contributed by atoms with Gasteiger partial charge in [0.1, 0.15) is 0 Å². The van der Waals surface area contributed by atoms with E-state index in [2.05, 4.69) is 15.5 Å². The largest absolute Gasteiger partial charge is 0.416 e.